The van der Waals surface area contributed by atoms with E-state index in [1.165, 1.54) is 12.1 Å². The lowest BCUT2D eigenvalue weighted by atomic mass is 10.1. The zero-order chi connectivity index (χ0) is 18.3. The van der Waals surface area contributed by atoms with Crippen LogP contribution in [0.5, 0.6) is 11.5 Å². The first-order valence-corrected chi connectivity index (χ1v) is 8.09. The molecular weight excluding hydrogens is 331 g/mol. The number of rotatable bonds is 8. The second-order valence-electron chi connectivity index (χ2n) is 5.75. The van der Waals surface area contributed by atoms with Crippen molar-refractivity contribution in [3.63, 3.8) is 0 Å². The topological polar surface area (TPSA) is 30.5 Å². The van der Waals surface area contributed by atoms with E-state index in [-0.39, 0.29) is 11.8 Å². The highest BCUT2D eigenvalue weighted by Crippen LogP contribution is 2.24. The predicted molar refractivity (Wildman–Crippen MR) is 90.9 cm³/mol. The Balaban J connectivity index is 1.80. The minimum Gasteiger partial charge on any atom is -0.497 e. The number of alkyl halides is 3. The van der Waals surface area contributed by atoms with Gasteiger partial charge >= 0.3 is 6.36 Å². The highest BCUT2D eigenvalue weighted by atomic mass is 19.4. The standard InChI is InChI=1S/C19H22F3NO2/c1-14(16-8-4-9-17(13-16)24-2)23-11-5-7-15-6-3-10-18(12-15)25-19(20,21)22/h3-4,6,8-10,12-14,23H,5,7,11H2,1-2H3/t14-/m1/s1. The number of ether oxygens (including phenoxy) is 2. The van der Waals surface area contributed by atoms with Crippen LogP contribution in [0.15, 0.2) is 48.5 Å². The van der Waals surface area contributed by atoms with Crippen LogP contribution in [0.3, 0.4) is 0 Å². The van der Waals surface area contributed by atoms with E-state index in [0.717, 1.165) is 29.8 Å². The number of benzene rings is 2. The molecule has 2 rings (SSSR count). The lowest BCUT2D eigenvalue weighted by Gasteiger charge is -2.15. The molecule has 1 atom stereocenters. The van der Waals surface area contributed by atoms with E-state index in [1.807, 2.05) is 24.3 Å². The second kappa shape index (κ2) is 8.76. The molecular formula is C19H22F3NO2. The Morgan fingerprint density at radius 3 is 2.48 bits per heavy atom. The average Bonchev–Trinajstić information content (AvgIpc) is 2.57. The van der Waals surface area contributed by atoms with Gasteiger partial charge in [0.1, 0.15) is 11.5 Å². The Kier molecular flexibility index (Phi) is 6.70. The molecule has 0 heterocycles. The van der Waals surface area contributed by atoms with Gasteiger partial charge in [-0.15, -0.1) is 13.2 Å². The molecule has 0 radical (unpaired) electrons. The van der Waals surface area contributed by atoms with Crippen molar-refractivity contribution in [1.82, 2.24) is 5.32 Å². The number of hydrogen-bond donors (Lipinski definition) is 1. The van der Waals surface area contributed by atoms with E-state index < -0.39 is 6.36 Å². The molecule has 0 aliphatic rings. The number of hydrogen-bond acceptors (Lipinski definition) is 3. The van der Waals surface area contributed by atoms with Crippen LogP contribution in [-0.4, -0.2) is 20.0 Å². The number of methoxy groups -OCH3 is 1. The molecule has 136 valence electrons. The maximum Gasteiger partial charge on any atom is 0.573 e. The van der Waals surface area contributed by atoms with Crippen molar-refractivity contribution in [2.24, 2.45) is 0 Å². The third-order valence-electron chi connectivity index (χ3n) is 3.82. The first-order valence-electron chi connectivity index (χ1n) is 8.09. The fourth-order valence-corrected chi connectivity index (χ4v) is 2.54. The summed E-state index contributed by atoms with van der Waals surface area (Å²) >= 11 is 0. The average molecular weight is 353 g/mol. The summed E-state index contributed by atoms with van der Waals surface area (Å²) in [6, 6.07) is 14.1. The van der Waals surface area contributed by atoms with Crippen LogP contribution in [0, 0.1) is 0 Å². The summed E-state index contributed by atoms with van der Waals surface area (Å²) in [6.07, 6.45) is -3.18. The summed E-state index contributed by atoms with van der Waals surface area (Å²) < 4.78 is 45.9. The molecule has 0 aromatic heterocycles. The molecule has 0 fully saturated rings. The largest absolute Gasteiger partial charge is 0.573 e. The monoisotopic (exact) mass is 353 g/mol. The molecule has 0 saturated carbocycles. The van der Waals surface area contributed by atoms with E-state index in [1.54, 1.807) is 19.2 Å². The lowest BCUT2D eigenvalue weighted by Crippen LogP contribution is -2.20. The fourth-order valence-electron chi connectivity index (χ4n) is 2.54. The van der Waals surface area contributed by atoms with Crippen molar-refractivity contribution >= 4 is 0 Å². The minimum absolute atomic E-state index is 0.162. The van der Waals surface area contributed by atoms with Crippen LogP contribution in [-0.2, 0) is 6.42 Å². The van der Waals surface area contributed by atoms with Crippen LogP contribution in [0.25, 0.3) is 0 Å². The van der Waals surface area contributed by atoms with Gasteiger partial charge < -0.3 is 14.8 Å². The number of halogens is 3. The van der Waals surface area contributed by atoms with Gasteiger partial charge in [-0.05, 0) is 61.7 Å². The maximum absolute atomic E-state index is 12.2. The molecule has 0 saturated heterocycles. The van der Waals surface area contributed by atoms with Gasteiger partial charge in [0.25, 0.3) is 0 Å². The quantitative estimate of drug-likeness (QED) is 0.686. The zero-order valence-electron chi connectivity index (χ0n) is 14.3. The van der Waals surface area contributed by atoms with Gasteiger partial charge in [-0.2, -0.15) is 0 Å². The third kappa shape index (κ3) is 6.66. The summed E-state index contributed by atoms with van der Waals surface area (Å²) in [5.41, 5.74) is 1.94. The Labute approximate surface area is 145 Å². The smallest absolute Gasteiger partial charge is 0.497 e. The molecule has 25 heavy (non-hydrogen) atoms. The van der Waals surface area contributed by atoms with Crippen LogP contribution < -0.4 is 14.8 Å². The van der Waals surface area contributed by atoms with Crippen molar-refractivity contribution in [2.75, 3.05) is 13.7 Å². The van der Waals surface area contributed by atoms with E-state index in [2.05, 4.69) is 17.0 Å². The van der Waals surface area contributed by atoms with Gasteiger partial charge in [-0.25, -0.2) is 0 Å². The number of aryl methyl sites for hydroxylation is 1. The Morgan fingerprint density at radius 1 is 1.04 bits per heavy atom. The Morgan fingerprint density at radius 2 is 1.76 bits per heavy atom. The molecule has 6 heteroatoms. The molecule has 0 bridgehead atoms. The molecule has 0 spiro atoms. The van der Waals surface area contributed by atoms with Crippen molar-refractivity contribution in [3.05, 3.63) is 59.7 Å². The predicted octanol–water partition coefficient (Wildman–Crippen LogP) is 4.88. The molecule has 0 aliphatic carbocycles. The summed E-state index contributed by atoms with van der Waals surface area (Å²) in [6.45, 7) is 2.81. The van der Waals surface area contributed by atoms with E-state index in [9.17, 15) is 13.2 Å². The molecule has 2 aromatic carbocycles. The zero-order valence-corrected chi connectivity index (χ0v) is 14.3. The summed E-state index contributed by atoms with van der Waals surface area (Å²) in [4.78, 5) is 0. The van der Waals surface area contributed by atoms with Crippen LogP contribution in [0.1, 0.15) is 30.5 Å². The second-order valence-corrected chi connectivity index (χ2v) is 5.75. The van der Waals surface area contributed by atoms with E-state index >= 15 is 0 Å². The van der Waals surface area contributed by atoms with Crippen molar-refractivity contribution in [3.8, 4) is 11.5 Å². The van der Waals surface area contributed by atoms with Crippen molar-refractivity contribution < 1.29 is 22.6 Å². The van der Waals surface area contributed by atoms with Crippen molar-refractivity contribution in [1.29, 1.82) is 0 Å². The Hall–Kier alpha value is -2.21. The molecule has 3 nitrogen and oxygen atoms in total. The first kappa shape index (κ1) is 19.1. The lowest BCUT2D eigenvalue weighted by molar-refractivity contribution is -0.274. The molecule has 0 aliphatic heterocycles. The molecule has 2 aromatic rings. The van der Waals surface area contributed by atoms with Gasteiger partial charge in [0.2, 0.25) is 0 Å². The minimum atomic E-state index is -4.66. The van der Waals surface area contributed by atoms with E-state index in [4.69, 9.17) is 4.74 Å². The van der Waals surface area contributed by atoms with Crippen LogP contribution in [0.2, 0.25) is 0 Å². The van der Waals surface area contributed by atoms with E-state index in [0.29, 0.717) is 6.42 Å². The molecule has 1 N–H and O–H groups in total. The maximum atomic E-state index is 12.2. The summed E-state index contributed by atoms with van der Waals surface area (Å²) in [5.74, 6) is 0.635. The van der Waals surface area contributed by atoms with Gasteiger partial charge in [0.15, 0.2) is 0 Å². The first-order chi connectivity index (χ1) is 11.9. The third-order valence-corrected chi connectivity index (χ3v) is 3.82. The van der Waals surface area contributed by atoms with Crippen LogP contribution >= 0.6 is 0 Å². The SMILES string of the molecule is COc1cccc([C@@H](C)NCCCc2cccc(OC(F)(F)F)c2)c1. The van der Waals surface area contributed by atoms with Gasteiger partial charge in [0.05, 0.1) is 7.11 Å². The summed E-state index contributed by atoms with van der Waals surface area (Å²) in [5, 5.41) is 3.41. The van der Waals surface area contributed by atoms with Crippen LogP contribution in [0.4, 0.5) is 13.2 Å². The Bertz CT molecular complexity index is 674. The van der Waals surface area contributed by atoms with Gasteiger partial charge in [-0.1, -0.05) is 24.3 Å². The molecule has 0 unspecified atom stereocenters. The van der Waals surface area contributed by atoms with Gasteiger partial charge in [-0.3, -0.25) is 0 Å². The summed E-state index contributed by atoms with van der Waals surface area (Å²) in [7, 11) is 1.63. The normalized spacial score (nSPS) is 12.7. The highest BCUT2D eigenvalue weighted by molar-refractivity contribution is 5.30. The highest BCUT2D eigenvalue weighted by Gasteiger charge is 2.31. The van der Waals surface area contributed by atoms with Crippen molar-refractivity contribution in [2.45, 2.75) is 32.2 Å². The molecule has 0 amide bonds. The fraction of sp³-hybridized carbons (Fsp3) is 0.368. The number of nitrogens with one attached hydrogen (secondary N) is 1. The van der Waals surface area contributed by atoms with Gasteiger partial charge in [0, 0.05) is 6.04 Å².